The SMILES string of the molecule is CNCC1CC(C)CCCCC1O. The molecule has 0 heterocycles. The van der Waals surface area contributed by atoms with Crippen molar-refractivity contribution in [3.05, 3.63) is 0 Å². The average molecular weight is 185 g/mol. The molecule has 1 aliphatic rings. The first-order valence-corrected chi connectivity index (χ1v) is 5.56. The predicted octanol–water partition coefficient (Wildman–Crippen LogP) is 1.78. The summed E-state index contributed by atoms with van der Waals surface area (Å²) in [5.41, 5.74) is 0. The molecular formula is C11H23NO. The molecule has 0 aromatic rings. The van der Waals surface area contributed by atoms with E-state index in [1.807, 2.05) is 7.05 Å². The van der Waals surface area contributed by atoms with Gasteiger partial charge >= 0.3 is 0 Å². The van der Waals surface area contributed by atoms with Crippen molar-refractivity contribution < 1.29 is 5.11 Å². The molecule has 2 heteroatoms. The maximum Gasteiger partial charge on any atom is 0.0580 e. The maximum atomic E-state index is 9.88. The van der Waals surface area contributed by atoms with E-state index < -0.39 is 0 Å². The molecule has 0 bridgehead atoms. The van der Waals surface area contributed by atoms with Crippen molar-refractivity contribution in [3.63, 3.8) is 0 Å². The highest BCUT2D eigenvalue weighted by Crippen LogP contribution is 2.26. The van der Waals surface area contributed by atoms with Crippen molar-refractivity contribution in [1.29, 1.82) is 0 Å². The number of rotatable bonds is 2. The van der Waals surface area contributed by atoms with Gasteiger partial charge in [0, 0.05) is 6.54 Å². The van der Waals surface area contributed by atoms with Gasteiger partial charge in [-0.25, -0.2) is 0 Å². The van der Waals surface area contributed by atoms with Gasteiger partial charge in [-0.1, -0.05) is 26.2 Å². The van der Waals surface area contributed by atoms with Gasteiger partial charge in [-0.15, -0.1) is 0 Å². The molecule has 0 amide bonds. The van der Waals surface area contributed by atoms with E-state index in [2.05, 4.69) is 12.2 Å². The van der Waals surface area contributed by atoms with Crippen LogP contribution in [0.2, 0.25) is 0 Å². The van der Waals surface area contributed by atoms with Gasteiger partial charge in [-0.2, -0.15) is 0 Å². The molecule has 3 unspecified atom stereocenters. The molecule has 0 spiro atoms. The van der Waals surface area contributed by atoms with Crippen LogP contribution in [0.15, 0.2) is 0 Å². The zero-order valence-corrected chi connectivity index (χ0v) is 8.92. The fourth-order valence-corrected chi connectivity index (χ4v) is 2.36. The lowest BCUT2D eigenvalue weighted by atomic mass is 9.83. The van der Waals surface area contributed by atoms with E-state index in [0.717, 1.165) is 18.9 Å². The van der Waals surface area contributed by atoms with Gasteiger partial charge in [0.2, 0.25) is 0 Å². The van der Waals surface area contributed by atoms with Crippen LogP contribution in [0, 0.1) is 11.8 Å². The summed E-state index contributed by atoms with van der Waals surface area (Å²) in [4.78, 5) is 0. The molecule has 0 aliphatic heterocycles. The highest BCUT2D eigenvalue weighted by atomic mass is 16.3. The first-order valence-electron chi connectivity index (χ1n) is 5.56. The molecule has 78 valence electrons. The van der Waals surface area contributed by atoms with E-state index in [4.69, 9.17) is 0 Å². The quantitative estimate of drug-likeness (QED) is 0.687. The van der Waals surface area contributed by atoms with E-state index in [0.29, 0.717) is 5.92 Å². The lowest BCUT2D eigenvalue weighted by molar-refractivity contribution is 0.0739. The van der Waals surface area contributed by atoms with E-state index in [1.165, 1.54) is 25.7 Å². The molecule has 0 radical (unpaired) electrons. The number of aliphatic hydroxyl groups is 1. The fraction of sp³-hybridized carbons (Fsp3) is 1.00. The maximum absolute atomic E-state index is 9.88. The van der Waals surface area contributed by atoms with Crippen LogP contribution in [-0.4, -0.2) is 24.8 Å². The number of aliphatic hydroxyl groups excluding tert-OH is 1. The van der Waals surface area contributed by atoms with Crippen LogP contribution < -0.4 is 5.32 Å². The van der Waals surface area contributed by atoms with Crippen LogP contribution in [0.25, 0.3) is 0 Å². The summed E-state index contributed by atoms with van der Waals surface area (Å²) in [5, 5.41) is 13.1. The van der Waals surface area contributed by atoms with Crippen molar-refractivity contribution in [2.75, 3.05) is 13.6 Å². The van der Waals surface area contributed by atoms with Gasteiger partial charge in [0.1, 0.15) is 0 Å². The van der Waals surface area contributed by atoms with Crippen LogP contribution >= 0.6 is 0 Å². The van der Waals surface area contributed by atoms with Crippen molar-refractivity contribution in [3.8, 4) is 0 Å². The molecule has 0 aromatic carbocycles. The minimum absolute atomic E-state index is 0.0739. The Kier molecular flexibility index (Phi) is 4.74. The Morgan fingerprint density at radius 1 is 1.31 bits per heavy atom. The van der Waals surface area contributed by atoms with E-state index in [-0.39, 0.29) is 6.10 Å². The highest BCUT2D eigenvalue weighted by molar-refractivity contribution is 4.75. The molecule has 0 aromatic heterocycles. The third-order valence-electron chi connectivity index (χ3n) is 3.16. The Hall–Kier alpha value is -0.0800. The first-order chi connectivity index (χ1) is 6.24. The van der Waals surface area contributed by atoms with Crippen LogP contribution in [0.5, 0.6) is 0 Å². The topological polar surface area (TPSA) is 32.3 Å². The Balaban J connectivity index is 2.43. The molecular weight excluding hydrogens is 162 g/mol. The second-order valence-electron chi connectivity index (χ2n) is 4.51. The smallest absolute Gasteiger partial charge is 0.0580 e. The largest absolute Gasteiger partial charge is 0.393 e. The van der Waals surface area contributed by atoms with E-state index in [9.17, 15) is 5.11 Å². The summed E-state index contributed by atoms with van der Waals surface area (Å²) in [6.07, 6.45) is 5.94. The Bertz CT molecular complexity index is 138. The molecule has 13 heavy (non-hydrogen) atoms. The lowest BCUT2D eigenvalue weighted by Gasteiger charge is -2.28. The molecule has 1 rings (SSSR count). The van der Waals surface area contributed by atoms with Gasteiger partial charge < -0.3 is 10.4 Å². The molecule has 1 aliphatic carbocycles. The number of hydrogen-bond acceptors (Lipinski definition) is 2. The van der Waals surface area contributed by atoms with Crippen LogP contribution in [-0.2, 0) is 0 Å². The number of nitrogens with one attached hydrogen (secondary N) is 1. The summed E-state index contributed by atoms with van der Waals surface area (Å²) < 4.78 is 0. The van der Waals surface area contributed by atoms with Crippen molar-refractivity contribution in [2.45, 2.75) is 45.1 Å². The fourth-order valence-electron chi connectivity index (χ4n) is 2.36. The Morgan fingerprint density at radius 2 is 2.00 bits per heavy atom. The summed E-state index contributed by atoms with van der Waals surface area (Å²) in [6.45, 7) is 3.27. The second-order valence-corrected chi connectivity index (χ2v) is 4.51. The molecule has 1 fully saturated rings. The minimum Gasteiger partial charge on any atom is -0.393 e. The second kappa shape index (κ2) is 5.61. The van der Waals surface area contributed by atoms with Gasteiger partial charge in [0.15, 0.2) is 0 Å². The van der Waals surface area contributed by atoms with Gasteiger partial charge in [-0.3, -0.25) is 0 Å². The zero-order valence-electron chi connectivity index (χ0n) is 8.92. The van der Waals surface area contributed by atoms with Crippen molar-refractivity contribution >= 4 is 0 Å². The lowest BCUT2D eigenvalue weighted by Crippen LogP contribution is -2.32. The van der Waals surface area contributed by atoms with Crippen molar-refractivity contribution in [2.24, 2.45) is 11.8 Å². The average Bonchev–Trinajstić information content (AvgIpc) is 2.09. The third kappa shape index (κ3) is 3.65. The summed E-state index contributed by atoms with van der Waals surface area (Å²) in [5.74, 6) is 1.26. The van der Waals surface area contributed by atoms with Crippen LogP contribution in [0.1, 0.15) is 39.0 Å². The summed E-state index contributed by atoms with van der Waals surface area (Å²) in [7, 11) is 1.97. The molecule has 1 saturated carbocycles. The third-order valence-corrected chi connectivity index (χ3v) is 3.16. The molecule has 2 N–H and O–H groups in total. The van der Waals surface area contributed by atoms with Gasteiger partial charge in [0.25, 0.3) is 0 Å². The highest BCUT2D eigenvalue weighted by Gasteiger charge is 2.22. The van der Waals surface area contributed by atoms with E-state index >= 15 is 0 Å². The number of hydrogen-bond donors (Lipinski definition) is 2. The normalized spacial score (nSPS) is 36.7. The zero-order chi connectivity index (χ0) is 9.68. The summed E-state index contributed by atoms with van der Waals surface area (Å²) >= 11 is 0. The van der Waals surface area contributed by atoms with Crippen LogP contribution in [0.3, 0.4) is 0 Å². The van der Waals surface area contributed by atoms with Gasteiger partial charge in [-0.05, 0) is 31.7 Å². The first kappa shape index (κ1) is 11.0. The van der Waals surface area contributed by atoms with Gasteiger partial charge in [0.05, 0.1) is 6.10 Å². The Morgan fingerprint density at radius 3 is 2.69 bits per heavy atom. The van der Waals surface area contributed by atoms with Crippen molar-refractivity contribution in [1.82, 2.24) is 5.32 Å². The minimum atomic E-state index is -0.0739. The Labute approximate surface area is 81.7 Å². The van der Waals surface area contributed by atoms with E-state index in [1.54, 1.807) is 0 Å². The standard InChI is InChI=1S/C11H23NO/c1-9-5-3-4-6-11(13)10(7-9)8-12-2/h9-13H,3-8H2,1-2H3. The predicted molar refractivity (Wildman–Crippen MR) is 55.7 cm³/mol. The molecule has 2 nitrogen and oxygen atoms in total. The summed E-state index contributed by atoms with van der Waals surface area (Å²) in [6, 6.07) is 0. The molecule has 0 saturated heterocycles. The molecule has 3 atom stereocenters. The monoisotopic (exact) mass is 185 g/mol. The van der Waals surface area contributed by atoms with Crippen LogP contribution in [0.4, 0.5) is 0 Å².